The van der Waals surface area contributed by atoms with E-state index >= 15 is 0 Å². The van der Waals surface area contributed by atoms with Gasteiger partial charge in [-0.05, 0) is 64.7 Å². The molecule has 0 saturated heterocycles. The molecule has 6 nitrogen and oxygen atoms in total. The molecular weight excluding hydrogens is 302 g/mol. The van der Waals surface area contributed by atoms with Crippen LogP contribution in [0.5, 0.6) is 0 Å². The summed E-state index contributed by atoms with van der Waals surface area (Å²) in [6.45, 7) is 8.41. The maximum atomic E-state index is 12.4. The molecule has 2 aromatic heterocycles. The van der Waals surface area contributed by atoms with E-state index in [1.807, 2.05) is 4.68 Å². The van der Waals surface area contributed by atoms with Gasteiger partial charge >= 0.3 is 0 Å². The topological polar surface area (TPSA) is 75.6 Å². The summed E-state index contributed by atoms with van der Waals surface area (Å²) in [4.78, 5) is 19.9. The molecule has 2 N–H and O–H groups in total. The Balaban J connectivity index is 1.63. The first kappa shape index (κ1) is 15.7. The molecule has 0 amide bonds. The third kappa shape index (κ3) is 2.52. The molecule has 0 spiro atoms. The Morgan fingerprint density at radius 3 is 2.75 bits per heavy atom. The van der Waals surface area contributed by atoms with Crippen LogP contribution in [0.25, 0.3) is 11.0 Å². The van der Waals surface area contributed by atoms with Crippen LogP contribution in [-0.2, 0) is 5.54 Å². The predicted octanol–water partition coefficient (Wildman–Crippen LogP) is 3.11. The highest BCUT2D eigenvalue weighted by Gasteiger charge is 2.41. The predicted molar refractivity (Wildman–Crippen MR) is 95.2 cm³/mol. The number of anilines is 1. The number of aromatic nitrogens is 4. The molecule has 2 bridgehead atoms. The largest absolute Gasteiger partial charge is 0.353 e. The number of fused-ring (bicyclic) bond motifs is 3. The number of rotatable bonds is 3. The molecule has 2 fully saturated rings. The number of H-pyrrole nitrogens is 1. The average molecular weight is 329 g/mol. The Morgan fingerprint density at radius 2 is 2.12 bits per heavy atom. The summed E-state index contributed by atoms with van der Waals surface area (Å²) >= 11 is 0. The Bertz CT molecular complexity index is 815. The summed E-state index contributed by atoms with van der Waals surface area (Å²) in [6, 6.07) is 0.326. The Morgan fingerprint density at radius 1 is 1.33 bits per heavy atom. The van der Waals surface area contributed by atoms with Crippen LogP contribution in [0.4, 0.5) is 5.95 Å². The van der Waals surface area contributed by atoms with Gasteiger partial charge in [-0.25, -0.2) is 4.68 Å². The second-order valence-corrected chi connectivity index (χ2v) is 8.65. The molecule has 4 rings (SSSR count). The molecule has 2 aliphatic carbocycles. The van der Waals surface area contributed by atoms with E-state index in [0.29, 0.717) is 28.9 Å². The van der Waals surface area contributed by atoms with Crippen LogP contribution in [0.1, 0.15) is 53.4 Å². The summed E-state index contributed by atoms with van der Waals surface area (Å²) < 4.78 is 1.82. The lowest BCUT2D eigenvalue weighted by Gasteiger charge is -2.28. The number of hydrogen-bond donors (Lipinski definition) is 2. The normalized spacial score (nSPS) is 27.8. The summed E-state index contributed by atoms with van der Waals surface area (Å²) in [5, 5.41) is 8.37. The highest BCUT2D eigenvalue weighted by atomic mass is 16.1. The SMILES string of the molecule is CC(Nc1nc2c(cnn2C(C)(C)C)c(=O)[nH]1)C1CC2CCC1C2. The van der Waals surface area contributed by atoms with Gasteiger partial charge in [0.2, 0.25) is 5.95 Å². The van der Waals surface area contributed by atoms with Crippen LogP contribution in [0, 0.1) is 17.8 Å². The van der Waals surface area contributed by atoms with Crippen molar-refractivity contribution in [2.45, 2.75) is 65.0 Å². The van der Waals surface area contributed by atoms with Gasteiger partial charge in [-0.15, -0.1) is 0 Å². The van der Waals surface area contributed by atoms with Crippen molar-refractivity contribution in [3.8, 4) is 0 Å². The molecule has 4 atom stereocenters. The molecule has 0 aromatic carbocycles. The zero-order valence-corrected chi connectivity index (χ0v) is 15.0. The molecule has 24 heavy (non-hydrogen) atoms. The lowest BCUT2D eigenvalue weighted by molar-refractivity contribution is 0.303. The first-order valence-electron chi connectivity index (χ1n) is 9.08. The van der Waals surface area contributed by atoms with E-state index in [0.717, 1.165) is 11.8 Å². The highest BCUT2D eigenvalue weighted by molar-refractivity contribution is 5.74. The van der Waals surface area contributed by atoms with E-state index in [4.69, 9.17) is 0 Å². The Kier molecular flexibility index (Phi) is 3.48. The monoisotopic (exact) mass is 329 g/mol. The van der Waals surface area contributed by atoms with Gasteiger partial charge in [-0.3, -0.25) is 9.78 Å². The minimum Gasteiger partial charge on any atom is -0.353 e. The summed E-state index contributed by atoms with van der Waals surface area (Å²) in [5.41, 5.74) is 0.308. The number of aromatic amines is 1. The van der Waals surface area contributed by atoms with Crippen molar-refractivity contribution in [1.82, 2.24) is 19.7 Å². The Labute approximate surface area is 142 Å². The average Bonchev–Trinajstić information content (AvgIpc) is 3.20. The first-order valence-corrected chi connectivity index (χ1v) is 9.08. The van der Waals surface area contributed by atoms with Crippen molar-refractivity contribution in [1.29, 1.82) is 0 Å². The standard InChI is InChI=1S/C18H27N5O/c1-10(13-8-11-5-6-12(13)7-11)20-17-21-15-14(16(24)22-17)9-19-23(15)18(2,3)4/h9-13H,5-8H2,1-4H3,(H2,20,21,22,24). The van der Waals surface area contributed by atoms with E-state index in [2.05, 4.69) is 48.1 Å². The maximum absolute atomic E-state index is 12.4. The van der Waals surface area contributed by atoms with Crippen molar-refractivity contribution in [2.75, 3.05) is 5.32 Å². The van der Waals surface area contributed by atoms with Gasteiger partial charge in [0.15, 0.2) is 5.65 Å². The fourth-order valence-corrected chi connectivity index (χ4v) is 4.71. The number of hydrogen-bond acceptors (Lipinski definition) is 4. The van der Waals surface area contributed by atoms with Crippen LogP contribution in [0.15, 0.2) is 11.0 Å². The van der Waals surface area contributed by atoms with Crippen molar-refractivity contribution in [2.24, 2.45) is 17.8 Å². The quantitative estimate of drug-likeness (QED) is 0.907. The van der Waals surface area contributed by atoms with Crippen LogP contribution >= 0.6 is 0 Å². The van der Waals surface area contributed by atoms with E-state index in [-0.39, 0.29) is 11.1 Å². The molecule has 2 aliphatic rings. The number of nitrogens with zero attached hydrogens (tertiary/aromatic N) is 3. The fourth-order valence-electron chi connectivity index (χ4n) is 4.71. The molecular formula is C18H27N5O. The second-order valence-electron chi connectivity index (χ2n) is 8.65. The zero-order valence-electron chi connectivity index (χ0n) is 15.0. The van der Waals surface area contributed by atoms with E-state index < -0.39 is 0 Å². The minimum atomic E-state index is -0.212. The molecule has 2 aromatic rings. The van der Waals surface area contributed by atoms with Gasteiger partial charge in [-0.2, -0.15) is 10.1 Å². The summed E-state index contributed by atoms with van der Waals surface area (Å²) in [6.07, 6.45) is 7.07. The van der Waals surface area contributed by atoms with Gasteiger partial charge in [-0.1, -0.05) is 6.42 Å². The molecule has 0 radical (unpaired) electrons. The second kappa shape index (κ2) is 5.33. The lowest BCUT2D eigenvalue weighted by Crippen LogP contribution is -2.31. The molecule has 2 heterocycles. The van der Waals surface area contributed by atoms with Gasteiger partial charge in [0, 0.05) is 6.04 Å². The Hall–Kier alpha value is -1.85. The molecule has 0 aliphatic heterocycles. The van der Waals surface area contributed by atoms with Crippen molar-refractivity contribution < 1.29 is 0 Å². The molecule has 6 heteroatoms. The highest BCUT2D eigenvalue weighted by Crippen LogP contribution is 2.49. The van der Waals surface area contributed by atoms with Crippen molar-refractivity contribution >= 4 is 17.0 Å². The van der Waals surface area contributed by atoms with E-state index in [1.165, 1.54) is 25.7 Å². The van der Waals surface area contributed by atoms with Crippen LogP contribution in [0.3, 0.4) is 0 Å². The first-order chi connectivity index (χ1) is 11.3. The fraction of sp³-hybridized carbons (Fsp3) is 0.722. The zero-order chi connectivity index (χ0) is 17.1. The van der Waals surface area contributed by atoms with Crippen molar-refractivity contribution in [3.05, 3.63) is 16.6 Å². The van der Waals surface area contributed by atoms with Crippen molar-refractivity contribution in [3.63, 3.8) is 0 Å². The van der Waals surface area contributed by atoms with Crippen LogP contribution in [-0.4, -0.2) is 25.8 Å². The van der Waals surface area contributed by atoms with Gasteiger partial charge in [0.05, 0.1) is 11.7 Å². The molecule has 4 unspecified atom stereocenters. The third-order valence-corrected chi connectivity index (χ3v) is 5.87. The summed E-state index contributed by atoms with van der Waals surface area (Å²) in [5.74, 6) is 3.01. The minimum absolute atomic E-state index is 0.127. The van der Waals surface area contributed by atoms with Crippen LogP contribution in [0.2, 0.25) is 0 Å². The maximum Gasteiger partial charge on any atom is 0.263 e. The van der Waals surface area contributed by atoms with Gasteiger partial charge in [0.25, 0.3) is 5.56 Å². The van der Waals surface area contributed by atoms with Gasteiger partial charge < -0.3 is 5.32 Å². The summed E-state index contributed by atoms with van der Waals surface area (Å²) in [7, 11) is 0. The number of nitrogens with one attached hydrogen (secondary N) is 2. The third-order valence-electron chi connectivity index (χ3n) is 5.87. The van der Waals surface area contributed by atoms with E-state index in [9.17, 15) is 4.79 Å². The molecule has 2 saturated carbocycles. The smallest absolute Gasteiger partial charge is 0.263 e. The van der Waals surface area contributed by atoms with Crippen LogP contribution < -0.4 is 10.9 Å². The lowest BCUT2D eigenvalue weighted by atomic mass is 9.84. The van der Waals surface area contributed by atoms with Gasteiger partial charge in [0.1, 0.15) is 5.39 Å². The molecule has 130 valence electrons. The van der Waals surface area contributed by atoms with E-state index in [1.54, 1.807) is 6.20 Å².